The molecule has 0 bridgehead atoms. The topological polar surface area (TPSA) is 95.8 Å². The summed E-state index contributed by atoms with van der Waals surface area (Å²) in [6.07, 6.45) is 4.11. The number of nitro groups is 1. The van der Waals surface area contributed by atoms with E-state index in [-0.39, 0.29) is 24.0 Å². The molecular formula is C25H30N4O4. The Bertz CT molecular complexity index is 1040. The molecule has 2 saturated heterocycles. The lowest BCUT2D eigenvalue weighted by Gasteiger charge is -2.33. The van der Waals surface area contributed by atoms with Gasteiger partial charge in [-0.25, -0.2) is 0 Å². The van der Waals surface area contributed by atoms with Crippen LogP contribution >= 0.6 is 0 Å². The number of amides is 2. The molecule has 0 aromatic heterocycles. The fourth-order valence-electron chi connectivity index (χ4n) is 4.54. The van der Waals surface area contributed by atoms with Gasteiger partial charge in [0.2, 0.25) is 0 Å². The van der Waals surface area contributed by atoms with Gasteiger partial charge < -0.3 is 15.1 Å². The Morgan fingerprint density at radius 2 is 1.79 bits per heavy atom. The number of carbonyl (C=O) groups is 2. The first-order chi connectivity index (χ1) is 15.9. The molecule has 4 rings (SSSR count). The predicted octanol–water partition coefficient (Wildman–Crippen LogP) is 4.00. The Labute approximate surface area is 193 Å². The standard InChI is InChI=1S/C25H30N4O4/c1-18-9-13-27(14-10-18)23-8-7-21(29(32)33)16-22(23)24(30)26-17-19-5-4-6-20(15-19)25(31)28-11-2-3-12-28/h4-8,15-16,18H,2-3,9-14,17H2,1H3,(H,26,30). The van der Waals surface area contributed by atoms with Gasteiger partial charge in [-0.3, -0.25) is 19.7 Å². The zero-order valence-corrected chi connectivity index (χ0v) is 19.0. The largest absolute Gasteiger partial charge is 0.371 e. The zero-order chi connectivity index (χ0) is 23.4. The summed E-state index contributed by atoms with van der Waals surface area (Å²) in [5.41, 5.74) is 2.35. The van der Waals surface area contributed by atoms with E-state index >= 15 is 0 Å². The number of nitro benzene ring substituents is 1. The van der Waals surface area contributed by atoms with E-state index in [1.54, 1.807) is 18.2 Å². The summed E-state index contributed by atoms with van der Waals surface area (Å²) < 4.78 is 0. The molecule has 0 saturated carbocycles. The van der Waals surface area contributed by atoms with Crippen molar-refractivity contribution in [2.45, 2.75) is 39.2 Å². The fourth-order valence-corrected chi connectivity index (χ4v) is 4.54. The quantitative estimate of drug-likeness (QED) is 0.530. The summed E-state index contributed by atoms with van der Waals surface area (Å²) >= 11 is 0. The van der Waals surface area contributed by atoms with Crippen molar-refractivity contribution in [3.05, 3.63) is 69.3 Å². The molecule has 8 heteroatoms. The zero-order valence-electron chi connectivity index (χ0n) is 19.0. The summed E-state index contributed by atoms with van der Waals surface area (Å²) in [4.78, 5) is 40.6. The van der Waals surface area contributed by atoms with Crippen LogP contribution in [0, 0.1) is 16.0 Å². The van der Waals surface area contributed by atoms with Crippen LogP contribution in [0.4, 0.5) is 11.4 Å². The van der Waals surface area contributed by atoms with Gasteiger partial charge in [0.25, 0.3) is 17.5 Å². The number of hydrogen-bond donors (Lipinski definition) is 1. The summed E-state index contributed by atoms with van der Waals surface area (Å²) in [6.45, 7) is 5.65. The van der Waals surface area contributed by atoms with Gasteiger partial charge in [-0.2, -0.15) is 0 Å². The maximum Gasteiger partial charge on any atom is 0.270 e. The maximum atomic E-state index is 13.1. The molecule has 2 aliphatic heterocycles. The van der Waals surface area contributed by atoms with Crippen LogP contribution in [0.5, 0.6) is 0 Å². The van der Waals surface area contributed by atoms with E-state index in [1.807, 2.05) is 17.0 Å². The number of hydrogen-bond acceptors (Lipinski definition) is 5. The predicted molar refractivity (Wildman–Crippen MR) is 126 cm³/mol. The molecule has 8 nitrogen and oxygen atoms in total. The average molecular weight is 451 g/mol. The molecule has 0 radical (unpaired) electrons. The fraction of sp³-hybridized carbons (Fsp3) is 0.440. The number of piperidine rings is 1. The van der Waals surface area contributed by atoms with Crippen LogP contribution in [0.2, 0.25) is 0 Å². The molecule has 33 heavy (non-hydrogen) atoms. The van der Waals surface area contributed by atoms with Crippen LogP contribution in [0.3, 0.4) is 0 Å². The van der Waals surface area contributed by atoms with Crippen LogP contribution in [0.1, 0.15) is 58.9 Å². The van der Waals surface area contributed by atoms with Gasteiger partial charge in [0.15, 0.2) is 0 Å². The van der Waals surface area contributed by atoms with E-state index in [1.165, 1.54) is 12.1 Å². The highest BCUT2D eigenvalue weighted by atomic mass is 16.6. The minimum absolute atomic E-state index is 0.0148. The number of nitrogens with one attached hydrogen (secondary N) is 1. The van der Waals surface area contributed by atoms with Gasteiger partial charge in [-0.15, -0.1) is 0 Å². The van der Waals surface area contributed by atoms with E-state index in [0.29, 0.717) is 17.0 Å². The molecule has 2 aromatic carbocycles. The Kier molecular flexibility index (Phi) is 6.91. The summed E-state index contributed by atoms with van der Waals surface area (Å²) in [5, 5.41) is 14.2. The van der Waals surface area contributed by atoms with E-state index in [0.717, 1.165) is 63.1 Å². The summed E-state index contributed by atoms with van der Waals surface area (Å²) in [6, 6.07) is 11.8. The van der Waals surface area contributed by atoms with Crippen LogP contribution in [-0.4, -0.2) is 47.8 Å². The van der Waals surface area contributed by atoms with E-state index in [9.17, 15) is 19.7 Å². The average Bonchev–Trinajstić information content (AvgIpc) is 3.37. The maximum absolute atomic E-state index is 13.1. The Morgan fingerprint density at radius 3 is 2.48 bits per heavy atom. The lowest BCUT2D eigenvalue weighted by Crippen LogP contribution is -2.35. The van der Waals surface area contributed by atoms with Crippen LogP contribution < -0.4 is 10.2 Å². The van der Waals surface area contributed by atoms with Gasteiger partial charge in [-0.05, 0) is 55.4 Å². The van der Waals surface area contributed by atoms with Crippen molar-refractivity contribution in [2.24, 2.45) is 5.92 Å². The summed E-state index contributed by atoms with van der Waals surface area (Å²) in [5.74, 6) is 0.289. The van der Waals surface area contributed by atoms with Crippen molar-refractivity contribution >= 4 is 23.2 Å². The highest BCUT2D eigenvalue weighted by Gasteiger charge is 2.24. The molecule has 2 fully saturated rings. The van der Waals surface area contributed by atoms with Crippen molar-refractivity contribution in [3.63, 3.8) is 0 Å². The molecule has 0 atom stereocenters. The molecule has 2 aliphatic rings. The Hall–Kier alpha value is -3.42. The number of nitrogens with zero attached hydrogens (tertiary/aromatic N) is 3. The van der Waals surface area contributed by atoms with Crippen molar-refractivity contribution in [2.75, 3.05) is 31.1 Å². The lowest BCUT2D eigenvalue weighted by molar-refractivity contribution is -0.384. The second-order valence-corrected chi connectivity index (χ2v) is 9.01. The molecular weight excluding hydrogens is 420 g/mol. The van der Waals surface area contributed by atoms with Crippen LogP contribution in [0.15, 0.2) is 42.5 Å². The number of anilines is 1. The first-order valence-electron chi connectivity index (χ1n) is 11.6. The normalized spacial score (nSPS) is 16.6. The molecule has 1 N–H and O–H groups in total. The molecule has 0 spiro atoms. The smallest absolute Gasteiger partial charge is 0.270 e. The van der Waals surface area contributed by atoms with Crippen molar-refractivity contribution in [1.29, 1.82) is 0 Å². The van der Waals surface area contributed by atoms with Crippen molar-refractivity contribution in [3.8, 4) is 0 Å². The van der Waals surface area contributed by atoms with E-state index < -0.39 is 4.92 Å². The second-order valence-electron chi connectivity index (χ2n) is 9.01. The molecule has 2 aromatic rings. The van der Waals surface area contributed by atoms with Gasteiger partial charge in [0.05, 0.1) is 16.2 Å². The van der Waals surface area contributed by atoms with Gasteiger partial charge in [0.1, 0.15) is 0 Å². The highest BCUT2D eigenvalue weighted by Crippen LogP contribution is 2.29. The number of likely N-dealkylation sites (tertiary alicyclic amines) is 1. The van der Waals surface area contributed by atoms with Crippen molar-refractivity contribution < 1.29 is 14.5 Å². The molecule has 2 heterocycles. The number of rotatable bonds is 6. The minimum Gasteiger partial charge on any atom is -0.371 e. The second kappa shape index (κ2) is 10.0. The number of benzene rings is 2. The van der Waals surface area contributed by atoms with Gasteiger partial charge in [-0.1, -0.05) is 19.1 Å². The molecule has 2 amide bonds. The van der Waals surface area contributed by atoms with E-state index in [4.69, 9.17) is 0 Å². The first-order valence-corrected chi connectivity index (χ1v) is 11.6. The lowest BCUT2D eigenvalue weighted by atomic mass is 9.98. The van der Waals surface area contributed by atoms with Crippen molar-refractivity contribution in [1.82, 2.24) is 10.2 Å². The third-order valence-corrected chi connectivity index (χ3v) is 6.58. The van der Waals surface area contributed by atoms with Gasteiger partial charge in [0, 0.05) is 50.4 Å². The molecule has 0 aliphatic carbocycles. The third-order valence-electron chi connectivity index (χ3n) is 6.58. The van der Waals surface area contributed by atoms with Crippen LogP contribution in [0.25, 0.3) is 0 Å². The Balaban J connectivity index is 1.50. The monoisotopic (exact) mass is 450 g/mol. The minimum atomic E-state index is -0.480. The number of non-ortho nitro benzene ring substituents is 1. The SMILES string of the molecule is CC1CCN(c2ccc([N+](=O)[O-])cc2C(=O)NCc2cccc(C(=O)N3CCCC3)c2)CC1. The molecule has 0 unspecified atom stereocenters. The Morgan fingerprint density at radius 1 is 1.06 bits per heavy atom. The first kappa shape index (κ1) is 22.8. The molecule has 174 valence electrons. The number of carbonyl (C=O) groups excluding carboxylic acids is 2. The van der Waals surface area contributed by atoms with Crippen LogP contribution in [-0.2, 0) is 6.54 Å². The highest BCUT2D eigenvalue weighted by molar-refractivity contribution is 6.00. The van der Waals surface area contributed by atoms with Gasteiger partial charge >= 0.3 is 0 Å². The van der Waals surface area contributed by atoms with E-state index in [2.05, 4.69) is 17.1 Å². The third kappa shape index (κ3) is 5.32. The summed E-state index contributed by atoms with van der Waals surface area (Å²) in [7, 11) is 0.